The van der Waals surface area contributed by atoms with Gasteiger partial charge in [0.25, 0.3) is 0 Å². The molecule has 0 bridgehead atoms. The normalized spacial score (nSPS) is 17.9. The van der Waals surface area contributed by atoms with Gasteiger partial charge in [-0.3, -0.25) is 4.90 Å². The van der Waals surface area contributed by atoms with Crippen molar-refractivity contribution in [1.29, 1.82) is 0 Å². The molecule has 2 heterocycles. The molecule has 25 heavy (non-hydrogen) atoms. The standard InChI is InChI=1S/C19H17F2N3O/c20-16-7-6-13(10-17(16)21)11-24-9-8-15(12-24)19-23-22-18(25-19)14-4-2-1-3-5-14/h1-7,10,15H,8-9,11-12H2. The Morgan fingerprint density at radius 2 is 1.88 bits per heavy atom. The summed E-state index contributed by atoms with van der Waals surface area (Å²) in [5.41, 5.74) is 1.66. The molecule has 1 saturated heterocycles. The lowest BCUT2D eigenvalue weighted by Crippen LogP contribution is -2.20. The second-order valence-electron chi connectivity index (χ2n) is 6.28. The third-order valence-electron chi connectivity index (χ3n) is 4.47. The minimum absolute atomic E-state index is 0.162. The molecule has 4 nitrogen and oxygen atoms in total. The van der Waals surface area contributed by atoms with Crippen LogP contribution in [0.5, 0.6) is 0 Å². The third kappa shape index (κ3) is 3.44. The third-order valence-corrected chi connectivity index (χ3v) is 4.47. The zero-order valence-electron chi connectivity index (χ0n) is 13.5. The van der Waals surface area contributed by atoms with E-state index in [1.807, 2.05) is 30.3 Å². The Hall–Kier alpha value is -2.60. The summed E-state index contributed by atoms with van der Waals surface area (Å²) in [6, 6.07) is 13.7. The van der Waals surface area contributed by atoms with Crippen LogP contribution in [-0.4, -0.2) is 28.2 Å². The lowest BCUT2D eigenvalue weighted by atomic mass is 10.1. The monoisotopic (exact) mass is 341 g/mol. The molecule has 1 aromatic heterocycles. The molecule has 1 aliphatic heterocycles. The van der Waals surface area contributed by atoms with E-state index in [-0.39, 0.29) is 5.92 Å². The van der Waals surface area contributed by atoms with Crippen molar-refractivity contribution in [2.75, 3.05) is 13.1 Å². The first-order valence-electron chi connectivity index (χ1n) is 8.24. The minimum atomic E-state index is -0.817. The molecule has 4 rings (SSSR count). The van der Waals surface area contributed by atoms with Crippen LogP contribution >= 0.6 is 0 Å². The van der Waals surface area contributed by atoms with E-state index in [0.717, 1.165) is 30.6 Å². The smallest absolute Gasteiger partial charge is 0.247 e. The summed E-state index contributed by atoms with van der Waals surface area (Å²) in [7, 11) is 0. The lowest BCUT2D eigenvalue weighted by Gasteiger charge is -2.15. The molecule has 0 radical (unpaired) electrons. The molecular formula is C19H17F2N3O. The summed E-state index contributed by atoms with van der Waals surface area (Å²) in [6.07, 6.45) is 0.903. The van der Waals surface area contributed by atoms with Crippen molar-refractivity contribution in [2.24, 2.45) is 0 Å². The quantitative estimate of drug-likeness (QED) is 0.719. The summed E-state index contributed by atoms with van der Waals surface area (Å²) in [5, 5.41) is 8.32. The van der Waals surface area contributed by atoms with Crippen molar-refractivity contribution in [3.8, 4) is 11.5 Å². The number of nitrogens with zero attached hydrogens (tertiary/aromatic N) is 3. The first-order valence-corrected chi connectivity index (χ1v) is 8.24. The van der Waals surface area contributed by atoms with E-state index in [2.05, 4.69) is 15.1 Å². The van der Waals surface area contributed by atoms with E-state index in [1.54, 1.807) is 6.07 Å². The molecule has 2 aromatic carbocycles. The van der Waals surface area contributed by atoms with Gasteiger partial charge in [-0.1, -0.05) is 24.3 Å². The Bertz CT molecular complexity index is 866. The summed E-state index contributed by atoms with van der Waals surface area (Å²) >= 11 is 0. The second-order valence-corrected chi connectivity index (χ2v) is 6.28. The number of hydrogen-bond acceptors (Lipinski definition) is 4. The molecule has 1 aliphatic rings. The summed E-state index contributed by atoms with van der Waals surface area (Å²) in [5.74, 6) is -0.309. The van der Waals surface area contributed by atoms with Gasteiger partial charge in [0.2, 0.25) is 11.8 Å². The molecule has 128 valence electrons. The van der Waals surface area contributed by atoms with Crippen molar-refractivity contribution in [1.82, 2.24) is 15.1 Å². The van der Waals surface area contributed by atoms with Crippen LogP contribution in [0.2, 0.25) is 0 Å². The van der Waals surface area contributed by atoms with Crippen molar-refractivity contribution in [3.63, 3.8) is 0 Å². The van der Waals surface area contributed by atoms with E-state index in [4.69, 9.17) is 4.42 Å². The predicted octanol–water partition coefficient (Wildman–Crippen LogP) is 4.00. The zero-order valence-corrected chi connectivity index (χ0v) is 13.5. The maximum atomic E-state index is 13.3. The van der Waals surface area contributed by atoms with Crippen LogP contribution < -0.4 is 0 Å². The van der Waals surface area contributed by atoms with E-state index in [1.165, 1.54) is 12.1 Å². The first kappa shape index (κ1) is 15.9. The van der Waals surface area contributed by atoms with Crippen LogP contribution in [0.4, 0.5) is 8.78 Å². The molecule has 0 aliphatic carbocycles. The van der Waals surface area contributed by atoms with Gasteiger partial charge in [0, 0.05) is 18.7 Å². The molecule has 1 atom stereocenters. The highest BCUT2D eigenvalue weighted by Crippen LogP contribution is 2.29. The second kappa shape index (κ2) is 6.72. The summed E-state index contributed by atoms with van der Waals surface area (Å²) in [4.78, 5) is 2.18. The van der Waals surface area contributed by atoms with Crippen molar-refractivity contribution in [3.05, 3.63) is 71.6 Å². The Balaban J connectivity index is 1.42. The molecular weight excluding hydrogens is 324 g/mol. The largest absolute Gasteiger partial charge is 0.420 e. The van der Waals surface area contributed by atoms with Gasteiger partial charge in [-0.15, -0.1) is 10.2 Å². The Kier molecular flexibility index (Phi) is 4.28. The van der Waals surface area contributed by atoms with Gasteiger partial charge >= 0.3 is 0 Å². The van der Waals surface area contributed by atoms with Crippen molar-refractivity contribution < 1.29 is 13.2 Å². The average molecular weight is 341 g/mol. The molecule has 1 unspecified atom stereocenters. The SMILES string of the molecule is Fc1ccc(CN2CCC(c3nnc(-c4ccccc4)o3)C2)cc1F. The van der Waals surface area contributed by atoms with Crippen molar-refractivity contribution >= 4 is 0 Å². The molecule has 0 saturated carbocycles. The number of rotatable bonds is 4. The van der Waals surface area contributed by atoms with Crippen LogP contribution in [-0.2, 0) is 6.54 Å². The van der Waals surface area contributed by atoms with Gasteiger partial charge in [0.05, 0.1) is 5.92 Å². The molecule has 0 amide bonds. The minimum Gasteiger partial charge on any atom is -0.420 e. The molecule has 3 aromatic rings. The fraction of sp³-hybridized carbons (Fsp3) is 0.263. The van der Waals surface area contributed by atoms with Gasteiger partial charge in [0.1, 0.15) is 0 Å². The zero-order chi connectivity index (χ0) is 17.2. The number of halogens is 2. The fourth-order valence-corrected chi connectivity index (χ4v) is 3.17. The molecule has 1 fully saturated rings. The molecule has 6 heteroatoms. The fourth-order valence-electron chi connectivity index (χ4n) is 3.17. The van der Waals surface area contributed by atoms with E-state index in [9.17, 15) is 8.78 Å². The predicted molar refractivity (Wildman–Crippen MR) is 88.7 cm³/mol. The number of hydrogen-bond donors (Lipinski definition) is 0. The lowest BCUT2D eigenvalue weighted by molar-refractivity contribution is 0.319. The summed E-state index contributed by atoms with van der Waals surface area (Å²) in [6.45, 7) is 2.19. The first-order chi connectivity index (χ1) is 12.2. The molecule has 0 N–H and O–H groups in total. The Morgan fingerprint density at radius 3 is 2.68 bits per heavy atom. The maximum absolute atomic E-state index is 13.3. The molecule has 0 spiro atoms. The maximum Gasteiger partial charge on any atom is 0.247 e. The van der Waals surface area contributed by atoms with Crippen LogP contribution in [0.1, 0.15) is 23.8 Å². The van der Waals surface area contributed by atoms with Gasteiger partial charge in [-0.25, -0.2) is 8.78 Å². The highest BCUT2D eigenvalue weighted by Gasteiger charge is 2.28. The van der Waals surface area contributed by atoms with Gasteiger partial charge < -0.3 is 4.42 Å². The van der Waals surface area contributed by atoms with Crippen LogP contribution in [0.15, 0.2) is 52.9 Å². The summed E-state index contributed by atoms with van der Waals surface area (Å²) < 4.78 is 32.2. The van der Waals surface area contributed by atoms with Crippen LogP contribution in [0.25, 0.3) is 11.5 Å². The average Bonchev–Trinajstić information content (AvgIpc) is 3.28. The number of benzene rings is 2. The van der Waals surface area contributed by atoms with E-state index >= 15 is 0 Å². The van der Waals surface area contributed by atoms with Gasteiger partial charge in [-0.2, -0.15) is 0 Å². The van der Waals surface area contributed by atoms with E-state index in [0.29, 0.717) is 18.3 Å². The highest BCUT2D eigenvalue weighted by atomic mass is 19.2. The topological polar surface area (TPSA) is 42.2 Å². The highest BCUT2D eigenvalue weighted by molar-refractivity contribution is 5.51. The number of aromatic nitrogens is 2. The van der Waals surface area contributed by atoms with E-state index < -0.39 is 11.6 Å². The van der Waals surface area contributed by atoms with Crippen LogP contribution in [0, 0.1) is 11.6 Å². The Morgan fingerprint density at radius 1 is 1.04 bits per heavy atom. The number of likely N-dealkylation sites (tertiary alicyclic amines) is 1. The van der Waals surface area contributed by atoms with Gasteiger partial charge in [0.15, 0.2) is 11.6 Å². The Labute approximate surface area is 144 Å². The van der Waals surface area contributed by atoms with Crippen LogP contribution in [0.3, 0.4) is 0 Å². The van der Waals surface area contributed by atoms with Crippen molar-refractivity contribution in [2.45, 2.75) is 18.9 Å². The van der Waals surface area contributed by atoms with Gasteiger partial charge in [-0.05, 0) is 42.8 Å².